The summed E-state index contributed by atoms with van der Waals surface area (Å²) in [5, 5.41) is 3.56. The lowest BCUT2D eigenvalue weighted by atomic mass is 9.93. The molecule has 1 unspecified atom stereocenters. The van der Waals surface area contributed by atoms with Crippen LogP contribution in [0.5, 0.6) is 0 Å². The minimum atomic E-state index is -0.0870. The Balaban J connectivity index is 4.10. The molecule has 15 heavy (non-hydrogen) atoms. The van der Waals surface area contributed by atoms with Crippen LogP contribution in [-0.4, -0.2) is 25.3 Å². The summed E-state index contributed by atoms with van der Waals surface area (Å²) < 4.78 is 5.54. The fourth-order valence-corrected chi connectivity index (χ4v) is 1.62. The van der Waals surface area contributed by atoms with Gasteiger partial charge in [0, 0.05) is 13.2 Å². The molecule has 0 aromatic rings. The van der Waals surface area contributed by atoms with E-state index >= 15 is 0 Å². The van der Waals surface area contributed by atoms with Crippen molar-refractivity contribution in [1.82, 2.24) is 5.32 Å². The second kappa shape index (κ2) is 7.89. The molecule has 0 radical (unpaired) electrons. The predicted octanol–water partition coefficient (Wildman–Crippen LogP) is 3.14. The van der Waals surface area contributed by atoms with Gasteiger partial charge in [-0.1, -0.05) is 13.0 Å². The predicted molar refractivity (Wildman–Crippen MR) is 67.2 cm³/mol. The third kappa shape index (κ3) is 5.95. The van der Waals surface area contributed by atoms with E-state index in [1.54, 1.807) is 7.11 Å². The minimum Gasteiger partial charge on any atom is -0.377 e. The standard InChI is InChI=1S/C13H27NO/c1-6-8-9-10-12(14-11-7-2)13(3,4)15-5/h6,12,14H,1,7-11H2,2-5H3. The summed E-state index contributed by atoms with van der Waals surface area (Å²) in [6.45, 7) is 11.3. The lowest BCUT2D eigenvalue weighted by molar-refractivity contribution is -0.0128. The lowest BCUT2D eigenvalue weighted by Crippen LogP contribution is -2.48. The van der Waals surface area contributed by atoms with Gasteiger partial charge in [-0.15, -0.1) is 6.58 Å². The first-order chi connectivity index (χ1) is 7.08. The van der Waals surface area contributed by atoms with E-state index in [2.05, 4.69) is 32.7 Å². The maximum atomic E-state index is 5.54. The molecule has 0 saturated carbocycles. The molecule has 2 nitrogen and oxygen atoms in total. The Labute approximate surface area is 95.1 Å². The van der Waals surface area contributed by atoms with Gasteiger partial charge in [-0.25, -0.2) is 0 Å². The number of hydrogen-bond donors (Lipinski definition) is 1. The molecule has 0 aliphatic heterocycles. The van der Waals surface area contributed by atoms with Gasteiger partial charge in [0.15, 0.2) is 0 Å². The molecule has 0 rings (SSSR count). The minimum absolute atomic E-state index is 0.0870. The highest BCUT2D eigenvalue weighted by atomic mass is 16.5. The van der Waals surface area contributed by atoms with E-state index in [0.717, 1.165) is 25.8 Å². The first-order valence-corrected chi connectivity index (χ1v) is 5.98. The molecule has 1 atom stereocenters. The molecule has 0 amide bonds. The van der Waals surface area contributed by atoms with Crippen molar-refractivity contribution in [2.75, 3.05) is 13.7 Å². The summed E-state index contributed by atoms with van der Waals surface area (Å²) in [5.41, 5.74) is -0.0870. The lowest BCUT2D eigenvalue weighted by Gasteiger charge is -2.34. The van der Waals surface area contributed by atoms with E-state index in [4.69, 9.17) is 4.74 Å². The molecule has 0 saturated heterocycles. The van der Waals surface area contributed by atoms with E-state index in [-0.39, 0.29) is 5.60 Å². The first kappa shape index (κ1) is 14.7. The Hall–Kier alpha value is -0.340. The number of allylic oxidation sites excluding steroid dienone is 1. The van der Waals surface area contributed by atoms with Gasteiger partial charge in [-0.05, 0) is 46.1 Å². The zero-order valence-electron chi connectivity index (χ0n) is 10.8. The SMILES string of the molecule is C=CCCCC(NCCC)C(C)(C)OC. The van der Waals surface area contributed by atoms with Gasteiger partial charge in [-0.2, -0.15) is 0 Å². The molecule has 0 aliphatic rings. The Bertz CT molecular complexity index is 166. The average molecular weight is 213 g/mol. The van der Waals surface area contributed by atoms with E-state index in [1.165, 1.54) is 6.42 Å². The van der Waals surface area contributed by atoms with Gasteiger partial charge in [0.2, 0.25) is 0 Å². The highest BCUT2D eigenvalue weighted by Gasteiger charge is 2.27. The van der Waals surface area contributed by atoms with Crippen molar-refractivity contribution >= 4 is 0 Å². The van der Waals surface area contributed by atoms with Crippen molar-refractivity contribution in [2.45, 2.75) is 58.1 Å². The monoisotopic (exact) mass is 213 g/mol. The Morgan fingerprint density at radius 2 is 2.13 bits per heavy atom. The number of rotatable bonds is 9. The molecule has 0 aromatic heterocycles. The van der Waals surface area contributed by atoms with Gasteiger partial charge in [-0.3, -0.25) is 0 Å². The maximum absolute atomic E-state index is 5.54. The smallest absolute Gasteiger partial charge is 0.0774 e. The van der Waals surface area contributed by atoms with Crippen LogP contribution in [0.4, 0.5) is 0 Å². The van der Waals surface area contributed by atoms with Crippen molar-refractivity contribution in [1.29, 1.82) is 0 Å². The number of nitrogens with one attached hydrogen (secondary N) is 1. The third-order valence-electron chi connectivity index (χ3n) is 2.91. The molecule has 90 valence electrons. The molecule has 0 spiro atoms. The molecule has 0 aliphatic carbocycles. The summed E-state index contributed by atoms with van der Waals surface area (Å²) >= 11 is 0. The van der Waals surface area contributed by atoms with Crippen molar-refractivity contribution in [3.63, 3.8) is 0 Å². The summed E-state index contributed by atoms with van der Waals surface area (Å²) in [5.74, 6) is 0. The molecular formula is C13H27NO. The highest BCUT2D eigenvalue weighted by Crippen LogP contribution is 2.18. The van der Waals surface area contributed by atoms with E-state index in [0.29, 0.717) is 6.04 Å². The van der Waals surface area contributed by atoms with Gasteiger partial charge in [0.1, 0.15) is 0 Å². The van der Waals surface area contributed by atoms with Crippen molar-refractivity contribution < 1.29 is 4.74 Å². The summed E-state index contributed by atoms with van der Waals surface area (Å²) in [6, 6.07) is 0.433. The van der Waals surface area contributed by atoms with Crippen LogP contribution in [0.25, 0.3) is 0 Å². The van der Waals surface area contributed by atoms with Gasteiger partial charge >= 0.3 is 0 Å². The summed E-state index contributed by atoms with van der Waals surface area (Å²) in [4.78, 5) is 0. The van der Waals surface area contributed by atoms with Crippen LogP contribution in [0.3, 0.4) is 0 Å². The van der Waals surface area contributed by atoms with Crippen LogP contribution in [-0.2, 0) is 4.74 Å². The van der Waals surface area contributed by atoms with Crippen LogP contribution in [0, 0.1) is 0 Å². The van der Waals surface area contributed by atoms with Crippen LogP contribution < -0.4 is 5.32 Å². The Morgan fingerprint density at radius 3 is 2.60 bits per heavy atom. The largest absolute Gasteiger partial charge is 0.377 e. The molecule has 0 fully saturated rings. The van der Waals surface area contributed by atoms with Crippen LogP contribution in [0.15, 0.2) is 12.7 Å². The zero-order chi connectivity index (χ0) is 11.7. The first-order valence-electron chi connectivity index (χ1n) is 5.98. The fourth-order valence-electron chi connectivity index (χ4n) is 1.62. The van der Waals surface area contributed by atoms with Crippen LogP contribution in [0.2, 0.25) is 0 Å². The number of hydrogen-bond acceptors (Lipinski definition) is 2. The summed E-state index contributed by atoms with van der Waals surface area (Å²) in [7, 11) is 1.79. The van der Waals surface area contributed by atoms with Crippen molar-refractivity contribution in [2.24, 2.45) is 0 Å². The molecule has 0 bridgehead atoms. The normalized spacial score (nSPS) is 13.9. The number of ether oxygens (including phenoxy) is 1. The Kier molecular flexibility index (Phi) is 7.71. The topological polar surface area (TPSA) is 21.3 Å². The molecule has 2 heteroatoms. The zero-order valence-corrected chi connectivity index (χ0v) is 10.8. The average Bonchev–Trinajstić information content (AvgIpc) is 2.23. The fraction of sp³-hybridized carbons (Fsp3) is 0.846. The highest BCUT2D eigenvalue weighted by molar-refractivity contribution is 4.86. The van der Waals surface area contributed by atoms with Crippen molar-refractivity contribution in [3.05, 3.63) is 12.7 Å². The number of methoxy groups -OCH3 is 1. The van der Waals surface area contributed by atoms with E-state index < -0.39 is 0 Å². The van der Waals surface area contributed by atoms with E-state index in [9.17, 15) is 0 Å². The molecule has 0 heterocycles. The van der Waals surface area contributed by atoms with Gasteiger partial charge in [0.05, 0.1) is 5.60 Å². The van der Waals surface area contributed by atoms with Gasteiger partial charge < -0.3 is 10.1 Å². The maximum Gasteiger partial charge on any atom is 0.0774 e. The second-order valence-electron chi connectivity index (χ2n) is 4.53. The van der Waals surface area contributed by atoms with Gasteiger partial charge in [0.25, 0.3) is 0 Å². The Morgan fingerprint density at radius 1 is 1.47 bits per heavy atom. The second-order valence-corrected chi connectivity index (χ2v) is 4.53. The molecule has 0 aromatic carbocycles. The van der Waals surface area contributed by atoms with Crippen LogP contribution >= 0.6 is 0 Å². The quantitative estimate of drug-likeness (QED) is 0.469. The third-order valence-corrected chi connectivity index (χ3v) is 2.91. The van der Waals surface area contributed by atoms with E-state index in [1.807, 2.05) is 6.08 Å². The summed E-state index contributed by atoms with van der Waals surface area (Å²) in [6.07, 6.45) is 6.56. The van der Waals surface area contributed by atoms with Crippen LogP contribution in [0.1, 0.15) is 46.5 Å². The molecule has 1 N–H and O–H groups in total. The number of unbranched alkanes of at least 4 members (excludes halogenated alkanes) is 1. The van der Waals surface area contributed by atoms with Crippen molar-refractivity contribution in [3.8, 4) is 0 Å². The molecular weight excluding hydrogens is 186 g/mol.